The number of rotatable bonds is 6. The molecule has 2 aromatic rings. The van der Waals surface area contributed by atoms with Gasteiger partial charge in [0.2, 0.25) is 0 Å². The molecule has 23 heavy (non-hydrogen) atoms. The Labute approximate surface area is 150 Å². The Bertz CT molecular complexity index is 614. The van der Waals surface area contributed by atoms with Gasteiger partial charge in [-0.15, -0.1) is 11.3 Å². The summed E-state index contributed by atoms with van der Waals surface area (Å²) >= 11 is 5.29. The average Bonchev–Trinajstić information content (AvgIpc) is 3.01. The molecular weight excluding hydrogens is 372 g/mol. The molecule has 3 nitrogen and oxygen atoms in total. The van der Waals surface area contributed by atoms with E-state index in [4.69, 9.17) is 9.72 Å². The Morgan fingerprint density at radius 2 is 2.17 bits per heavy atom. The maximum absolute atomic E-state index is 5.96. The van der Waals surface area contributed by atoms with Crippen molar-refractivity contribution in [1.82, 2.24) is 9.88 Å². The highest BCUT2D eigenvalue weighted by Gasteiger charge is 2.22. The number of unbranched alkanes of at least 4 members (excludes halogenated alkanes) is 1. The van der Waals surface area contributed by atoms with Crippen molar-refractivity contribution in [3.8, 4) is 0 Å². The third-order valence-corrected chi connectivity index (χ3v) is 5.61. The van der Waals surface area contributed by atoms with Gasteiger partial charge in [-0.1, -0.05) is 41.4 Å². The highest BCUT2D eigenvalue weighted by molar-refractivity contribution is 9.10. The van der Waals surface area contributed by atoms with Gasteiger partial charge in [-0.2, -0.15) is 0 Å². The summed E-state index contributed by atoms with van der Waals surface area (Å²) in [5.74, 6) is 0. The molecule has 0 N–H and O–H groups in total. The Balaban J connectivity index is 1.58. The SMILES string of the molecule is CCCCc1nc(CN2CCOC(c3ccc(Br)cc3)C2)cs1. The molecule has 0 amide bonds. The standard InChI is InChI=1S/C18H23BrN2OS/c1-2-3-4-18-20-16(13-23-18)11-21-9-10-22-17(12-21)14-5-7-15(19)8-6-14/h5-8,13,17H,2-4,9-12H2,1H3. The van der Waals surface area contributed by atoms with Gasteiger partial charge in [0.15, 0.2) is 0 Å². The van der Waals surface area contributed by atoms with Crippen LogP contribution in [-0.4, -0.2) is 29.6 Å². The Morgan fingerprint density at radius 3 is 2.96 bits per heavy atom. The zero-order valence-electron chi connectivity index (χ0n) is 13.5. The molecule has 5 heteroatoms. The van der Waals surface area contributed by atoms with Gasteiger partial charge in [-0.05, 0) is 30.5 Å². The maximum atomic E-state index is 5.96. The number of hydrogen-bond donors (Lipinski definition) is 0. The molecule has 1 aromatic heterocycles. The van der Waals surface area contributed by atoms with E-state index in [0.29, 0.717) is 0 Å². The van der Waals surface area contributed by atoms with E-state index in [1.807, 2.05) is 0 Å². The summed E-state index contributed by atoms with van der Waals surface area (Å²) in [7, 11) is 0. The minimum Gasteiger partial charge on any atom is -0.371 e. The summed E-state index contributed by atoms with van der Waals surface area (Å²) in [6.45, 7) is 5.86. The maximum Gasteiger partial charge on any atom is 0.0952 e. The van der Waals surface area contributed by atoms with Crippen molar-refractivity contribution in [2.75, 3.05) is 19.7 Å². The number of thiazole rings is 1. The van der Waals surface area contributed by atoms with Crippen molar-refractivity contribution in [1.29, 1.82) is 0 Å². The lowest BCUT2D eigenvalue weighted by Crippen LogP contribution is -2.37. The summed E-state index contributed by atoms with van der Waals surface area (Å²) in [6, 6.07) is 8.45. The normalized spacial score (nSPS) is 19.1. The van der Waals surface area contributed by atoms with E-state index in [2.05, 4.69) is 57.4 Å². The lowest BCUT2D eigenvalue weighted by Gasteiger charge is -2.32. The van der Waals surface area contributed by atoms with E-state index in [1.54, 1.807) is 11.3 Å². The van der Waals surface area contributed by atoms with Crippen molar-refractivity contribution in [3.05, 3.63) is 50.4 Å². The Morgan fingerprint density at radius 1 is 1.35 bits per heavy atom. The van der Waals surface area contributed by atoms with E-state index in [1.165, 1.54) is 29.1 Å². The highest BCUT2D eigenvalue weighted by atomic mass is 79.9. The Hall–Kier alpha value is -0.750. The van der Waals surface area contributed by atoms with Crippen LogP contribution in [0.2, 0.25) is 0 Å². The fourth-order valence-corrected chi connectivity index (χ4v) is 3.91. The summed E-state index contributed by atoms with van der Waals surface area (Å²) in [6.07, 6.45) is 3.74. The third-order valence-electron chi connectivity index (χ3n) is 4.12. The van der Waals surface area contributed by atoms with Gasteiger partial charge in [0.25, 0.3) is 0 Å². The van der Waals surface area contributed by atoms with Gasteiger partial charge >= 0.3 is 0 Å². The van der Waals surface area contributed by atoms with E-state index >= 15 is 0 Å². The van der Waals surface area contributed by atoms with Gasteiger partial charge in [-0.3, -0.25) is 4.90 Å². The van der Waals surface area contributed by atoms with Gasteiger partial charge in [0, 0.05) is 29.5 Å². The first kappa shape index (κ1) is 17.1. The first-order valence-corrected chi connectivity index (χ1v) is 9.94. The molecule has 0 aliphatic carbocycles. The lowest BCUT2D eigenvalue weighted by molar-refractivity contribution is -0.0332. The van der Waals surface area contributed by atoms with E-state index in [-0.39, 0.29) is 6.10 Å². The van der Waals surface area contributed by atoms with E-state index < -0.39 is 0 Å². The van der Waals surface area contributed by atoms with Gasteiger partial charge in [0.1, 0.15) is 0 Å². The van der Waals surface area contributed by atoms with Crippen LogP contribution < -0.4 is 0 Å². The predicted octanol–water partition coefficient (Wildman–Crippen LogP) is 4.82. The molecule has 1 atom stereocenters. The molecule has 2 heterocycles. The molecule has 1 unspecified atom stereocenters. The largest absolute Gasteiger partial charge is 0.371 e. The van der Waals surface area contributed by atoms with Crippen LogP contribution in [0.1, 0.15) is 42.1 Å². The molecule has 124 valence electrons. The third kappa shape index (κ3) is 4.86. The topological polar surface area (TPSA) is 25.4 Å². The number of benzene rings is 1. The number of nitrogens with zero attached hydrogens (tertiary/aromatic N) is 2. The predicted molar refractivity (Wildman–Crippen MR) is 98.8 cm³/mol. The zero-order valence-corrected chi connectivity index (χ0v) is 15.9. The van der Waals surface area contributed by atoms with Gasteiger partial charge in [0.05, 0.1) is 23.4 Å². The van der Waals surface area contributed by atoms with Crippen LogP contribution in [0.25, 0.3) is 0 Å². The van der Waals surface area contributed by atoms with Crippen LogP contribution >= 0.6 is 27.3 Å². The number of morpholine rings is 1. The lowest BCUT2D eigenvalue weighted by atomic mass is 10.1. The first-order valence-electron chi connectivity index (χ1n) is 8.27. The van der Waals surface area contributed by atoms with Crippen LogP contribution in [0.15, 0.2) is 34.1 Å². The highest BCUT2D eigenvalue weighted by Crippen LogP contribution is 2.25. The summed E-state index contributed by atoms with van der Waals surface area (Å²) in [4.78, 5) is 7.23. The molecule has 0 saturated carbocycles. The van der Waals surface area contributed by atoms with Gasteiger partial charge < -0.3 is 4.74 Å². The monoisotopic (exact) mass is 394 g/mol. The summed E-state index contributed by atoms with van der Waals surface area (Å²) in [5.41, 5.74) is 2.46. The molecule has 1 aromatic carbocycles. The summed E-state index contributed by atoms with van der Waals surface area (Å²) < 4.78 is 7.06. The number of hydrogen-bond acceptors (Lipinski definition) is 4. The second kappa shape index (κ2) is 8.38. The molecule has 1 saturated heterocycles. The number of halogens is 1. The average molecular weight is 395 g/mol. The molecule has 3 rings (SSSR count). The first-order chi connectivity index (χ1) is 11.2. The molecule has 1 aliphatic heterocycles. The number of aromatic nitrogens is 1. The Kier molecular flexibility index (Phi) is 6.22. The number of aryl methyl sites for hydroxylation is 1. The second-order valence-electron chi connectivity index (χ2n) is 5.98. The van der Waals surface area contributed by atoms with Crippen molar-refractivity contribution in [3.63, 3.8) is 0 Å². The molecule has 0 radical (unpaired) electrons. The molecular formula is C18H23BrN2OS. The van der Waals surface area contributed by atoms with Crippen LogP contribution in [0.4, 0.5) is 0 Å². The molecule has 1 aliphatic rings. The van der Waals surface area contributed by atoms with E-state index in [9.17, 15) is 0 Å². The van der Waals surface area contributed by atoms with Crippen molar-refractivity contribution in [2.45, 2.75) is 38.8 Å². The second-order valence-corrected chi connectivity index (χ2v) is 7.84. The quantitative estimate of drug-likeness (QED) is 0.701. The minimum atomic E-state index is 0.162. The molecule has 0 bridgehead atoms. The van der Waals surface area contributed by atoms with Crippen molar-refractivity contribution < 1.29 is 4.74 Å². The van der Waals surface area contributed by atoms with Crippen LogP contribution in [0.3, 0.4) is 0 Å². The van der Waals surface area contributed by atoms with Crippen LogP contribution in [0.5, 0.6) is 0 Å². The van der Waals surface area contributed by atoms with Crippen molar-refractivity contribution >= 4 is 27.3 Å². The summed E-state index contributed by atoms with van der Waals surface area (Å²) in [5, 5.41) is 3.49. The van der Waals surface area contributed by atoms with Crippen LogP contribution in [-0.2, 0) is 17.7 Å². The smallest absolute Gasteiger partial charge is 0.0952 e. The van der Waals surface area contributed by atoms with E-state index in [0.717, 1.165) is 37.1 Å². The number of ether oxygens (including phenoxy) is 1. The molecule has 0 spiro atoms. The van der Waals surface area contributed by atoms with Crippen molar-refractivity contribution in [2.24, 2.45) is 0 Å². The fourth-order valence-electron chi connectivity index (χ4n) is 2.82. The van der Waals surface area contributed by atoms with Gasteiger partial charge in [-0.25, -0.2) is 4.98 Å². The minimum absolute atomic E-state index is 0.162. The zero-order chi connectivity index (χ0) is 16.1. The fraction of sp³-hybridized carbons (Fsp3) is 0.500. The molecule has 1 fully saturated rings. The van der Waals surface area contributed by atoms with Crippen LogP contribution in [0, 0.1) is 0 Å².